The lowest BCUT2D eigenvalue weighted by atomic mass is 9.90. The molecule has 0 bridgehead atoms. The molecule has 25 heavy (non-hydrogen) atoms. The number of rotatable bonds is 3. The van der Waals surface area contributed by atoms with Gasteiger partial charge in [-0.2, -0.15) is 0 Å². The minimum atomic E-state index is -1.21. The predicted octanol–water partition coefficient (Wildman–Crippen LogP) is -0.193. The average molecular weight is 345 g/mol. The van der Waals surface area contributed by atoms with Crippen LogP contribution in [0.1, 0.15) is 47.8 Å². The minimum Gasteiger partial charge on any atom is -0.490 e. The van der Waals surface area contributed by atoms with Gasteiger partial charge in [0.25, 0.3) is 5.91 Å². The van der Waals surface area contributed by atoms with E-state index in [1.54, 1.807) is 18.2 Å². The number of carbonyl (C=O) groups excluding carboxylic acids is 3. The smallest absolute Gasteiger partial charge is 0.257 e. The maximum atomic E-state index is 12.7. The molecular weight excluding hydrogens is 326 g/mol. The van der Waals surface area contributed by atoms with Crippen molar-refractivity contribution in [3.8, 4) is 5.75 Å². The molecule has 2 fully saturated rings. The van der Waals surface area contributed by atoms with E-state index in [0.29, 0.717) is 16.9 Å². The van der Waals surface area contributed by atoms with Crippen molar-refractivity contribution >= 4 is 17.7 Å². The molecule has 1 saturated heterocycles. The van der Waals surface area contributed by atoms with Crippen molar-refractivity contribution in [3.63, 3.8) is 0 Å². The van der Waals surface area contributed by atoms with Gasteiger partial charge in [-0.3, -0.25) is 24.6 Å². The molecule has 2 aliphatic heterocycles. The van der Waals surface area contributed by atoms with Crippen molar-refractivity contribution in [1.29, 1.82) is 0 Å². The van der Waals surface area contributed by atoms with E-state index in [-0.39, 0.29) is 30.9 Å². The van der Waals surface area contributed by atoms with Gasteiger partial charge < -0.3 is 15.6 Å². The Bertz CT molecular complexity index is 759. The molecule has 0 aromatic heterocycles. The van der Waals surface area contributed by atoms with Crippen LogP contribution in [0.25, 0.3) is 0 Å². The monoisotopic (exact) mass is 345 g/mol. The first-order valence-electron chi connectivity index (χ1n) is 8.34. The van der Waals surface area contributed by atoms with Crippen LogP contribution in [0.5, 0.6) is 5.75 Å². The number of aliphatic hydroxyl groups excluding tert-OH is 1. The number of nitrogens with zero attached hydrogens (tertiary/aromatic N) is 1. The normalized spacial score (nSPS) is 31.4. The molecule has 2 heterocycles. The number of amides is 3. The summed E-state index contributed by atoms with van der Waals surface area (Å²) in [5, 5.41) is 12.7. The summed E-state index contributed by atoms with van der Waals surface area (Å²) in [5.74, 6) is -0.820. The zero-order valence-corrected chi connectivity index (χ0v) is 13.5. The number of hydrogen-bond acceptors (Lipinski definition) is 6. The molecule has 1 aliphatic carbocycles. The molecule has 1 aromatic carbocycles. The lowest BCUT2D eigenvalue weighted by molar-refractivity contribution is -0.139. The van der Waals surface area contributed by atoms with Crippen LogP contribution in [-0.2, 0) is 9.59 Å². The third-order valence-corrected chi connectivity index (χ3v) is 5.01. The lowest BCUT2D eigenvalue weighted by Crippen LogP contribution is -2.53. The molecule has 0 spiro atoms. The summed E-state index contributed by atoms with van der Waals surface area (Å²) in [5.41, 5.74) is 6.50. The quantitative estimate of drug-likeness (QED) is 0.653. The molecule has 0 radical (unpaired) electrons. The fraction of sp³-hybridized carbons (Fsp3) is 0.471. The highest BCUT2D eigenvalue weighted by Gasteiger charge is 2.44. The predicted molar refractivity (Wildman–Crippen MR) is 85.4 cm³/mol. The summed E-state index contributed by atoms with van der Waals surface area (Å²) in [6, 6.07) is 4.23. The Kier molecular flexibility index (Phi) is 3.73. The van der Waals surface area contributed by atoms with Gasteiger partial charge >= 0.3 is 0 Å². The van der Waals surface area contributed by atoms with Crippen molar-refractivity contribution in [2.75, 3.05) is 0 Å². The highest BCUT2D eigenvalue weighted by molar-refractivity contribution is 6.05. The molecule has 8 nitrogen and oxygen atoms in total. The zero-order valence-electron chi connectivity index (χ0n) is 13.5. The average Bonchev–Trinajstić information content (AvgIpc) is 2.78. The zero-order chi connectivity index (χ0) is 17.7. The first-order chi connectivity index (χ1) is 11.9. The molecule has 1 saturated carbocycles. The van der Waals surface area contributed by atoms with Gasteiger partial charge in [-0.15, -0.1) is 0 Å². The largest absolute Gasteiger partial charge is 0.490 e. The molecule has 4 rings (SSSR count). The van der Waals surface area contributed by atoms with Crippen molar-refractivity contribution in [3.05, 3.63) is 29.3 Å². The Labute approximate surface area is 143 Å². The number of fused-ring (bicyclic) bond motifs is 1. The second kappa shape index (κ2) is 5.82. The van der Waals surface area contributed by atoms with Crippen molar-refractivity contribution in [1.82, 2.24) is 10.2 Å². The number of imide groups is 1. The molecule has 3 amide bonds. The molecule has 3 aliphatic rings. The summed E-state index contributed by atoms with van der Waals surface area (Å²) in [4.78, 5) is 37.2. The summed E-state index contributed by atoms with van der Waals surface area (Å²) in [6.45, 7) is 0. The Morgan fingerprint density at radius 2 is 2.00 bits per heavy atom. The van der Waals surface area contributed by atoms with E-state index >= 15 is 0 Å². The Morgan fingerprint density at radius 3 is 2.68 bits per heavy atom. The van der Waals surface area contributed by atoms with E-state index in [1.807, 2.05) is 0 Å². The number of nitrogens with two attached hydrogens (primary N) is 1. The number of hydrogen-bond donors (Lipinski definition) is 3. The van der Waals surface area contributed by atoms with Crippen molar-refractivity contribution in [2.45, 2.75) is 50.1 Å². The number of ether oxygens (including phenoxy) is 1. The number of carbonyl (C=O) groups is 3. The Hall–Kier alpha value is -2.45. The van der Waals surface area contributed by atoms with Gasteiger partial charge in [0.2, 0.25) is 11.8 Å². The Balaban J connectivity index is 1.55. The summed E-state index contributed by atoms with van der Waals surface area (Å²) in [6.07, 6.45) is 0.717. The molecular formula is C17H19N3O5. The van der Waals surface area contributed by atoms with Gasteiger partial charge in [-0.05, 0) is 31.4 Å². The third kappa shape index (κ3) is 2.67. The van der Waals surface area contributed by atoms with Crippen LogP contribution in [0.4, 0.5) is 0 Å². The van der Waals surface area contributed by atoms with Crippen LogP contribution in [0.3, 0.4) is 0 Å². The molecule has 2 unspecified atom stereocenters. The van der Waals surface area contributed by atoms with E-state index in [9.17, 15) is 19.5 Å². The van der Waals surface area contributed by atoms with E-state index in [2.05, 4.69) is 5.32 Å². The van der Waals surface area contributed by atoms with Crippen LogP contribution in [-0.4, -0.2) is 45.9 Å². The summed E-state index contributed by atoms with van der Waals surface area (Å²) in [7, 11) is 0. The Morgan fingerprint density at radius 1 is 1.24 bits per heavy atom. The van der Waals surface area contributed by atoms with Crippen LogP contribution in [0.15, 0.2) is 18.2 Å². The number of piperidine rings is 1. The SMILES string of the molecule is N[C@H]1C[C@H](Oc2ccc3c(c2)C(=O)N(C2CCC(=O)NC2=O)C3O)C1. The van der Waals surface area contributed by atoms with Gasteiger partial charge in [0.1, 0.15) is 17.9 Å². The standard InChI is InChI=1S/C17H19N3O5/c18-8-5-10(6-8)25-9-1-2-11-12(7-9)17(24)20(16(11)23)13-3-4-14(21)19-15(13)22/h1-2,7-8,10,13,16,23H,3-6,18H2,(H,19,21,22)/t8-,10-,13?,16?. The molecule has 2 atom stereocenters. The van der Waals surface area contributed by atoms with Crippen LogP contribution in [0, 0.1) is 0 Å². The first kappa shape index (κ1) is 16.0. The lowest BCUT2D eigenvalue weighted by Gasteiger charge is -2.32. The van der Waals surface area contributed by atoms with Crippen LogP contribution >= 0.6 is 0 Å². The van der Waals surface area contributed by atoms with E-state index in [4.69, 9.17) is 10.5 Å². The third-order valence-electron chi connectivity index (χ3n) is 5.01. The topological polar surface area (TPSA) is 122 Å². The maximum absolute atomic E-state index is 12.7. The van der Waals surface area contributed by atoms with E-state index < -0.39 is 24.1 Å². The summed E-state index contributed by atoms with van der Waals surface area (Å²) >= 11 is 0. The van der Waals surface area contributed by atoms with Crippen LogP contribution < -0.4 is 15.8 Å². The van der Waals surface area contributed by atoms with E-state index in [0.717, 1.165) is 17.7 Å². The second-order valence-corrected chi connectivity index (χ2v) is 6.77. The fourth-order valence-corrected chi connectivity index (χ4v) is 3.57. The summed E-state index contributed by atoms with van der Waals surface area (Å²) < 4.78 is 5.79. The number of aliphatic hydroxyl groups is 1. The van der Waals surface area contributed by atoms with Crippen LogP contribution in [0.2, 0.25) is 0 Å². The van der Waals surface area contributed by atoms with Gasteiger partial charge in [-0.25, -0.2) is 0 Å². The molecule has 8 heteroatoms. The highest BCUT2D eigenvalue weighted by atomic mass is 16.5. The maximum Gasteiger partial charge on any atom is 0.257 e. The number of nitrogens with one attached hydrogen (secondary N) is 1. The molecule has 132 valence electrons. The van der Waals surface area contributed by atoms with Crippen molar-refractivity contribution < 1.29 is 24.2 Å². The minimum absolute atomic E-state index is 0.0423. The fourth-order valence-electron chi connectivity index (χ4n) is 3.57. The van der Waals surface area contributed by atoms with E-state index in [1.165, 1.54) is 0 Å². The molecule has 1 aromatic rings. The van der Waals surface area contributed by atoms with Crippen molar-refractivity contribution in [2.24, 2.45) is 5.73 Å². The van der Waals surface area contributed by atoms with Gasteiger partial charge in [0.15, 0.2) is 6.23 Å². The molecule has 4 N–H and O–H groups in total. The van der Waals surface area contributed by atoms with Gasteiger partial charge in [0.05, 0.1) is 5.56 Å². The highest BCUT2D eigenvalue weighted by Crippen LogP contribution is 2.37. The van der Waals surface area contributed by atoms with Gasteiger partial charge in [0, 0.05) is 18.0 Å². The first-order valence-corrected chi connectivity index (χ1v) is 8.34. The number of benzene rings is 1. The van der Waals surface area contributed by atoms with Gasteiger partial charge in [-0.1, -0.05) is 6.07 Å². The second-order valence-electron chi connectivity index (χ2n) is 6.77.